The second-order valence-electron chi connectivity index (χ2n) is 6.97. The minimum absolute atomic E-state index is 0.279. The van der Waals surface area contributed by atoms with Crippen molar-refractivity contribution >= 4 is 29.8 Å². The molecule has 1 heterocycles. The van der Waals surface area contributed by atoms with Crippen LogP contribution in [-0.4, -0.2) is 67.0 Å². The standard InChI is InChI=1S/C21H25NO10/c1-11(23)28-10-16-18(29-12(2)24)19(30-13(3)25)17(21(32-16)31-14(4)26)22-20(27)15-8-6-5-7-9-15/h5-9,16-19,21H,10H2,1-4H3,(H,22,27)/t16-,17-,18-,19-,21+/m1/s1. The van der Waals surface area contributed by atoms with Crippen LogP contribution in [0.1, 0.15) is 38.1 Å². The maximum Gasteiger partial charge on any atom is 0.305 e. The predicted molar refractivity (Wildman–Crippen MR) is 106 cm³/mol. The van der Waals surface area contributed by atoms with Gasteiger partial charge in [0.2, 0.25) is 6.29 Å². The first-order valence-corrected chi connectivity index (χ1v) is 9.75. The SMILES string of the molecule is CC(=O)OC[C@H]1O[C@H](OC(C)=O)[C@H](NC(=O)c2ccccc2)[C@@H](OC(C)=O)[C@@H]1OC(C)=O. The van der Waals surface area contributed by atoms with E-state index in [1.807, 2.05) is 0 Å². The highest BCUT2D eigenvalue weighted by Crippen LogP contribution is 2.28. The number of ether oxygens (including phenoxy) is 5. The van der Waals surface area contributed by atoms with E-state index in [0.717, 1.165) is 20.8 Å². The molecule has 0 bridgehead atoms. The minimum atomic E-state index is -1.43. The van der Waals surface area contributed by atoms with Gasteiger partial charge >= 0.3 is 23.9 Å². The molecule has 0 unspecified atom stereocenters. The molecule has 1 N–H and O–H groups in total. The smallest absolute Gasteiger partial charge is 0.305 e. The number of hydrogen-bond donors (Lipinski definition) is 1. The number of nitrogens with one attached hydrogen (secondary N) is 1. The summed E-state index contributed by atoms with van der Waals surface area (Å²) in [6.07, 6.45) is -5.18. The third-order valence-electron chi connectivity index (χ3n) is 4.32. The average molecular weight is 451 g/mol. The molecular formula is C21H25NO10. The van der Waals surface area contributed by atoms with Crippen LogP contribution < -0.4 is 5.32 Å². The van der Waals surface area contributed by atoms with Gasteiger partial charge in [0.25, 0.3) is 5.91 Å². The molecule has 1 aliphatic heterocycles. The minimum Gasteiger partial charge on any atom is -0.463 e. The molecule has 1 saturated heterocycles. The molecule has 0 aliphatic carbocycles. The van der Waals surface area contributed by atoms with E-state index in [-0.39, 0.29) is 12.2 Å². The molecular weight excluding hydrogens is 426 g/mol. The van der Waals surface area contributed by atoms with Crippen molar-refractivity contribution in [3.05, 3.63) is 35.9 Å². The Balaban J connectivity index is 2.44. The van der Waals surface area contributed by atoms with E-state index in [2.05, 4.69) is 5.32 Å². The summed E-state index contributed by atoms with van der Waals surface area (Å²) in [5.74, 6) is -3.44. The topological polar surface area (TPSA) is 144 Å². The highest BCUT2D eigenvalue weighted by Gasteiger charge is 2.52. The van der Waals surface area contributed by atoms with Crippen molar-refractivity contribution in [2.45, 2.75) is 58.3 Å². The zero-order valence-electron chi connectivity index (χ0n) is 18.1. The fourth-order valence-corrected chi connectivity index (χ4v) is 3.14. The van der Waals surface area contributed by atoms with Crippen molar-refractivity contribution in [3.63, 3.8) is 0 Å². The summed E-state index contributed by atoms with van der Waals surface area (Å²) in [5.41, 5.74) is 0.279. The molecule has 11 heteroatoms. The molecule has 1 aromatic rings. The maximum absolute atomic E-state index is 12.8. The van der Waals surface area contributed by atoms with E-state index in [1.54, 1.807) is 30.3 Å². The van der Waals surface area contributed by atoms with E-state index >= 15 is 0 Å². The van der Waals surface area contributed by atoms with Gasteiger partial charge in [-0.15, -0.1) is 0 Å². The zero-order valence-corrected chi connectivity index (χ0v) is 18.1. The Morgan fingerprint density at radius 2 is 1.38 bits per heavy atom. The average Bonchev–Trinajstić information content (AvgIpc) is 2.70. The summed E-state index contributed by atoms with van der Waals surface area (Å²) < 4.78 is 26.5. The fraction of sp³-hybridized carbons (Fsp3) is 0.476. The third kappa shape index (κ3) is 7.05. The normalized spacial score (nSPS) is 24.6. The number of esters is 4. The molecule has 174 valence electrons. The second kappa shape index (κ2) is 11.2. The van der Waals surface area contributed by atoms with Gasteiger partial charge in [0.15, 0.2) is 12.2 Å². The van der Waals surface area contributed by atoms with Crippen molar-refractivity contribution in [1.29, 1.82) is 0 Å². The monoisotopic (exact) mass is 451 g/mol. The lowest BCUT2D eigenvalue weighted by Crippen LogP contribution is -2.67. The van der Waals surface area contributed by atoms with Gasteiger partial charge in [-0.05, 0) is 12.1 Å². The molecule has 1 aromatic carbocycles. The second-order valence-corrected chi connectivity index (χ2v) is 6.97. The Morgan fingerprint density at radius 3 is 1.91 bits per heavy atom. The van der Waals surface area contributed by atoms with E-state index in [0.29, 0.717) is 0 Å². The number of amides is 1. The maximum atomic E-state index is 12.8. The lowest BCUT2D eigenvalue weighted by molar-refractivity contribution is -0.270. The highest BCUT2D eigenvalue weighted by atomic mass is 16.7. The van der Waals surface area contributed by atoms with Crippen LogP contribution in [0.15, 0.2) is 30.3 Å². The summed E-state index contributed by atoms with van der Waals surface area (Å²) in [4.78, 5) is 59.3. The molecule has 0 saturated carbocycles. The summed E-state index contributed by atoms with van der Waals surface area (Å²) in [6.45, 7) is 4.16. The Labute approximate surface area is 184 Å². The molecule has 0 radical (unpaired) electrons. The van der Waals surface area contributed by atoms with Crippen LogP contribution in [0.3, 0.4) is 0 Å². The van der Waals surface area contributed by atoms with Crippen LogP contribution in [0.4, 0.5) is 0 Å². The first-order chi connectivity index (χ1) is 15.1. The van der Waals surface area contributed by atoms with Gasteiger partial charge in [-0.2, -0.15) is 0 Å². The molecule has 11 nitrogen and oxygen atoms in total. The summed E-state index contributed by atoms with van der Waals surface area (Å²) in [7, 11) is 0. The van der Waals surface area contributed by atoms with Crippen LogP contribution in [0.5, 0.6) is 0 Å². The molecule has 0 spiro atoms. The summed E-state index contributed by atoms with van der Waals surface area (Å²) in [6, 6.07) is 6.88. The van der Waals surface area contributed by atoms with Gasteiger partial charge in [0, 0.05) is 33.3 Å². The van der Waals surface area contributed by atoms with Gasteiger partial charge < -0.3 is 29.0 Å². The molecule has 0 aromatic heterocycles. The number of rotatable bonds is 7. The largest absolute Gasteiger partial charge is 0.463 e. The van der Waals surface area contributed by atoms with E-state index in [4.69, 9.17) is 23.7 Å². The Kier molecular flexibility index (Phi) is 8.71. The molecule has 1 amide bonds. The fourth-order valence-electron chi connectivity index (χ4n) is 3.14. The summed E-state index contributed by atoms with van der Waals surface area (Å²) >= 11 is 0. The Hall–Kier alpha value is -3.47. The quantitative estimate of drug-likeness (QED) is 0.460. The van der Waals surface area contributed by atoms with Gasteiger partial charge in [0.05, 0.1) is 0 Å². The van der Waals surface area contributed by atoms with Crippen molar-refractivity contribution in [1.82, 2.24) is 5.32 Å². The van der Waals surface area contributed by atoms with Gasteiger partial charge in [-0.25, -0.2) is 0 Å². The first-order valence-electron chi connectivity index (χ1n) is 9.75. The predicted octanol–water partition coefficient (Wildman–Crippen LogP) is 0.500. The van der Waals surface area contributed by atoms with Crippen LogP contribution in [0.25, 0.3) is 0 Å². The third-order valence-corrected chi connectivity index (χ3v) is 4.32. The molecule has 32 heavy (non-hydrogen) atoms. The van der Waals surface area contributed by atoms with E-state index < -0.39 is 60.4 Å². The molecule has 1 fully saturated rings. The highest BCUT2D eigenvalue weighted by molar-refractivity contribution is 5.94. The van der Waals surface area contributed by atoms with Crippen molar-refractivity contribution in [2.75, 3.05) is 6.61 Å². The first kappa shape index (κ1) is 24.8. The Morgan fingerprint density at radius 1 is 0.812 bits per heavy atom. The van der Waals surface area contributed by atoms with E-state index in [9.17, 15) is 24.0 Å². The molecule has 5 atom stereocenters. The lowest BCUT2D eigenvalue weighted by atomic mass is 9.95. The lowest BCUT2D eigenvalue weighted by Gasteiger charge is -2.44. The molecule has 2 rings (SSSR count). The number of carbonyl (C=O) groups excluding carboxylic acids is 5. The van der Waals surface area contributed by atoms with Gasteiger partial charge in [-0.1, -0.05) is 18.2 Å². The van der Waals surface area contributed by atoms with Crippen LogP contribution in [-0.2, 0) is 42.9 Å². The molecule has 1 aliphatic rings. The number of carbonyl (C=O) groups is 5. The van der Waals surface area contributed by atoms with Crippen LogP contribution >= 0.6 is 0 Å². The van der Waals surface area contributed by atoms with Crippen LogP contribution in [0, 0.1) is 0 Å². The van der Waals surface area contributed by atoms with Crippen molar-refractivity contribution in [3.8, 4) is 0 Å². The van der Waals surface area contributed by atoms with Crippen LogP contribution in [0.2, 0.25) is 0 Å². The Bertz CT molecular complexity index is 855. The number of hydrogen-bond acceptors (Lipinski definition) is 10. The van der Waals surface area contributed by atoms with Crippen molar-refractivity contribution in [2.24, 2.45) is 0 Å². The van der Waals surface area contributed by atoms with Crippen molar-refractivity contribution < 1.29 is 47.7 Å². The zero-order chi connectivity index (χ0) is 23.8. The van der Waals surface area contributed by atoms with Gasteiger partial charge in [0.1, 0.15) is 18.8 Å². The summed E-state index contributed by atoms with van der Waals surface area (Å²) in [5, 5.41) is 2.62. The number of benzene rings is 1. The van der Waals surface area contributed by atoms with E-state index in [1.165, 1.54) is 6.92 Å². The van der Waals surface area contributed by atoms with Gasteiger partial charge in [-0.3, -0.25) is 24.0 Å².